The molecule has 0 spiro atoms. The maximum atomic E-state index is 4.56. The van der Waals surface area contributed by atoms with Gasteiger partial charge in [-0.1, -0.05) is 36.4 Å². The quantitative estimate of drug-likeness (QED) is 0.613. The van der Waals surface area contributed by atoms with E-state index in [-0.39, 0.29) is 0 Å². The van der Waals surface area contributed by atoms with Crippen LogP contribution in [0.15, 0.2) is 73.4 Å². The predicted molar refractivity (Wildman–Crippen MR) is 98.2 cm³/mol. The number of H-pyrrole nitrogens is 1. The summed E-state index contributed by atoms with van der Waals surface area (Å²) in [5.74, 6) is 1.47. The van der Waals surface area contributed by atoms with Gasteiger partial charge in [-0.2, -0.15) is 0 Å². The van der Waals surface area contributed by atoms with E-state index in [0.29, 0.717) is 5.82 Å². The van der Waals surface area contributed by atoms with Crippen molar-refractivity contribution in [3.05, 3.63) is 84.8 Å². The summed E-state index contributed by atoms with van der Waals surface area (Å²) in [6.45, 7) is 0. The zero-order chi connectivity index (χ0) is 16.9. The molecule has 0 saturated heterocycles. The first-order valence-electron chi connectivity index (χ1n) is 7.90. The molecule has 3 heterocycles. The third-order valence-corrected chi connectivity index (χ3v) is 3.70. The standard InChI is InChI=1S/C20H15N5/c1-2-6-16(7-3-1)20-23-12-17(13-24-20)18-14-22-19(25-18)9-8-15-5-4-10-21-11-15/h1-14H,(H,22,25). The molecule has 5 heteroatoms. The van der Waals surface area contributed by atoms with Crippen LogP contribution in [-0.2, 0) is 0 Å². The van der Waals surface area contributed by atoms with Crippen molar-refractivity contribution in [3.63, 3.8) is 0 Å². The van der Waals surface area contributed by atoms with E-state index in [2.05, 4.69) is 24.9 Å². The van der Waals surface area contributed by atoms with Crippen molar-refractivity contribution in [1.29, 1.82) is 0 Å². The Hall–Kier alpha value is -3.60. The highest BCUT2D eigenvalue weighted by Gasteiger charge is 2.05. The van der Waals surface area contributed by atoms with Crippen LogP contribution in [0.25, 0.3) is 34.8 Å². The molecular weight excluding hydrogens is 310 g/mol. The van der Waals surface area contributed by atoms with Crippen molar-refractivity contribution in [1.82, 2.24) is 24.9 Å². The Morgan fingerprint density at radius 2 is 1.64 bits per heavy atom. The summed E-state index contributed by atoms with van der Waals surface area (Å²) in [5.41, 5.74) is 3.70. The summed E-state index contributed by atoms with van der Waals surface area (Å²) in [7, 11) is 0. The molecule has 0 aliphatic heterocycles. The van der Waals surface area contributed by atoms with Gasteiger partial charge in [-0.15, -0.1) is 0 Å². The molecule has 0 fully saturated rings. The minimum atomic E-state index is 0.705. The van der Waals surface area contributed by atoms with Crippen molar-refractivity contribution in [2.45, 2.75) is 0 Å². The Balaban J connectivity index is 1.53. The van der Waals surface area contributed by atoms with Crippen LogP contribution in [0, 0.1) is 0 Å². The fourth-order valence-electron chi connectivity index (χ4n) is 2.42. The monoisotopic (exact) mass is 325 g/mol. The zero-order valence-corrected chi connectivity index (χ0v) is 13.4. The normalized spacial score (nSPS) is 11.0. The number of aromatic amines is 1. The number of rotatable bonds is 4. The lowest BCUT2D eigenvalue weighted by atomic mass is 10.2. The van der Waals surface area contributed by atoms with E-state index in [0.717, 1.165) is 28.2 Å². The van der Waals surface area contributed by atoms with Crippen LogP contribution < -0.4 is 0 Å². The summed E-state index contributed by atoms with van der Waals surface area (Å²) < 4.78 is 0. The Labute approximate surface area is 145 Å². The van der Waals surface area contributed by atoms with E-state index in [4.69, 9.17) is 0 Å². The van der Waals surface area contributed by atoms with Crippen LogP contribution in [-0.4, -0.2) is 24.9 Å². The lowest BCUT2D eigenvalue weighted by Crippen LogP contribution is -1.89. The van der Waals surface area contributed by atoms with Crippen molar-refractivity contribution >= 4 is 12.2 Å². The average molecular weight is 325 g/mol. The van der Waals surface area contributed by atoms with Gasteiger partial charge in [0.2, 0.25) is 0 Å². The predicted octanol–water partition coefficient (Wildman–Crippen LogP) is 4.10. The van der Waals surface area contributed by atoms with Gasteiger partial charge in [0, 0.05) is 42.1 Å². The molecule has 0 bridgehead atoms. The first kappa shape index (κ1) is 15.0. The van der Waals surface area contributed by atoms with Gasteiger partial charge in [-0.05, 0) is 23.8 Å². The lowest BCUT2D eigenvalue weighted by Gasteiger charge is -2.00. The summed E-state index contributed by atoms with van der Waals surface area (Å²) in [5, 5.41) is 0. The maximum Gasteiger partial charge on any atom is 0.159 e. The minimum Gasteiger partial charge on any atom is -0.344 e. The maximum absolute atomic E-state index is 4.56. The van der Waals surface area contributed by atoms with Gasteiger partial charge in [0.15, 0.2) is 5.82 Å². The second-order valence-electron chi connectivity index (χ2n) is 5.45. The number of nitrogens with one attached hydrogen (secondary N) is 1. The second-order valence-corrected chi connectivity index (χ2v) is 5.45. The van der Waals surface area contributed by atoms with Crippen LogP contribution in [0.5, 0.6) is 0 Å². The zero-order valence-electron chi connectivity index (χ0n) is 13.4. The topological polar surface area (TPSA) is 67.3 Å². The van der Waals surface area contributed by atoms with Crippen LogP contribution in [0.1, 0.15) is 11.4 Å². The van der Waals surface area contributed by atoms with E-state index in [1.807, 2.05) is 60.8 Å². The highest BCUT2D eigenvalue weighted by atomic mass is 14.9. The first-order chi connectivity index (χ1) is 12.4. The molecule has 3 aromatic heterocycles. The van der Waals surface area contributed by atoms with E-state index in [1.54, 1.807) is 24.8 Å². The summed E-state index contributed by atoms with van der Waals surface area (Å²) in [6, 6.07) is 13.8. The largest absolute Gasteiger partial charge is 0.344 e. The number of benzene rings is 1. The molecular formula is C20H15N5. The van der Waals surface area contributed by atoms with Gasteiger partial charge < -0.3 is 4.98 Å². The van der Waals surface area contributed by atoms with Gasteiger partial charge >= 0.3 is 0 Å². The third kappa shape index (κ3) is 3.50. The van der Waals surface area contributed by atoms with Gasteiger partial charge in [0.1, 0.15) is 5.82 Å². The smallest absolute Gasteiger partial charge is 0.159 e. The summed E-state index contributed by atoms with van der Waals surface area (Å²) >= 11 is 0. The highest BCUT2D eigenvalue weighted by molar-refractivity contribution is 5.68. The molecule has 0 aliphatic carbocycles. The molecule has 5 nitrogen and oxygen atoms in total. The minimum absolute atomic E-state index is 0.705. The van der Waals surface area contributed by atoms with Crippen molar-refractivity contribution in [2.24, 2.45) is 0 Å². The van der Waals surface area contributed by atoms with Crippen LogP contribution in [0.2, 0.25) is 0 Å². The van der Waals surface area contributed by atoms with E-state index in [9.17, 15) is 0 Å². The average Bonchev–Trinajstić information content (AvgIpc) is 3.17. The molecule has 0 unspecified atom stereocenters. The van der Waals surface area contributed by atoms with E-state index < -0.39 is 0 Å². The highest BCUT2D eigenvalue weighted by Crippen LogP contribution is 2.19. The molecule has 0 amide bonds. The lowest BCUT2D eigenvalue weighted by molar-refractivity contribution is 1.17. The SMILES string of the molecule is C(=Cc1nc(-c2cnc(-c3ccccc3)nc2)c[nH]1)c1cccnc1. The molecule has 0 radical (unpaired) electrons. The first-order valence-corrected chi connectivity index (χ1v) is 7.90. The Bertz CT molecular complexity index is 974. The van der Waals surface area contributed by atoms with Crippen LogP contribution >= 0.6 is 0 Å². The Kier molecular flexibility index (Phi) is 4.12. The summed E-state index contributed by atoms with van der Waals surface area (Å²) in [4.78, 5) is 20.7. The van der Waals surface area contributed by atoms with E-state index in [1.165, 1.54) is 0 Å². The number of nitrogens with zero attached hydrogens (tertiary/aromatic N) is 4. The fraction of sp³-hybridized carbons (Fsp3) is 0. The van der Waals surface area contributed by atoms with Crippen LogP contribution in [0.4, 0.5) is 0 Å². The third-order valence-electron chi connectivity index (χ3n) is 3.70. The van der Waals surface area contributed by atoms with Crippen molar-refractivity contribution in [3.8, 4) is 22.6 Å². The molecule has 0 saturated carbocycles. The number of imidazole rings is 1. The molecule has 0 atom stereocenters. The van der Waals surface area contributed by atoms with Gasteiger partial charge in [0.05, 0.1) is 5.69 Å². The molecule has 4 aromatic rings. The molecule has 1 N–H and O–H groups in total. The molecule has 4 rings (SSSR count). The van der Waals surface area contributed by atoms with Crippen molar-refractivity contribution in [2.75, 3.05) is 0 Å². The number of aromatic nitrogens is 5. The van der Waals surface area contributed by atoms with Gasteiger partial charge in [-0.3, -0.25) is 4.98 Å². The summed E-state index contributed by atoms with van der Waals surface area (Å²) in [6.07, 6.45) is 12.9. The molecule has 1 aromatic carbocycles. The van der Waals surface area contributed by atoms with E-state index >= 15 is 0 Å². The Morgan fingerprint density at radius 3 is 2.40 bits per heavy atom. The molecule has 120 valence electrons. The number of hydrogen-bond donors (Lipinski definition) is 1. The van der Waals surface area contributed by atoms with Crippen molar-refractivity contribution < 1.29 is 0 Å². The second kappa shape index (κ2) is 6.88. The number of pyridine rings is 1. The van der Waals surface area contributed by atoms with Gasteiger partial charge in [-0.25, -0.2) is 15.0 Å². The molecule has 0 aliphatic rings. The molecule has 25 heavy (non-hydrogen) atoms. The van der Waals surface area contributed by atoms with Crippen LogP contribution in [0.3, 0.4) is 0 Å². The van der Waals surface area contributed by atoms with Gasteiger partial charge in [0.25, 0.3) is 0 Å². The fourth-order valence-corrected chi connectivity index (χ4v) is 2.42. The Morgan fingerprint density at radius 1 is 0.800 bits per heavy atom. The number of hydrogen-bond acceptors (Lipinski definition) is 4.